The number of rotatable bonds is 5. The number of carbonyl (C=O) groups excluding carboxylic acids is 1. The molecule has 2 aromatic rings. The number of anilines is 2. The van der Waals surface area contributed by atoms with Crippen molar-refractivity contribution in [2.45, 2.75) is 11.8 Å². The van der Waals surface area contributed by atoms with Gasteiger partial charge in [0.2, 0.25) is 0 Å². The molecular formula is C15H15ClN2O5S. The lowest BCUT2D eigenvalue weighted by atomic mass is 10.2. The average Bonchev–Trinajstić information content (AvgIpc) is 2.49. The van der Waals surface area contributed by atoms with Crippen molar-refractivity contribution in [2.24, 2.45) is 0 Å². The summed E-state index contributed by atoms with van der Waals surface area (Å²) in [5.74, 6) is -0.660. The van der Waals surface area contributed by atoms with Gasteiger partial charge in [-0.3, -0.25) is 0 Å². The van der Waals surface area contributed by atoms with Gasteiger partial charge in [0.1, 0.15) is 10.6 Å². The van der Waals surface area contributed by atoms with Crippen LogP contribution in [0.1, 0.15) is 17.3 Å². The molecule has 7 nitrogen and oxygen atoms in total. The third-order valence-corrected chi connectivity index (χ3v) is 4.54. The van der Waals surface area contributed by atoms with Gasteiger partial charge >= 0.3 is 16.1 Å². The smallest absolute Gasteiger partial charge is 0.339 e. The Morgan fingerprint density at radius 2 is 1.83 bits per heavy atom. The van der Waals surface area contributed by atoms with Gasteiger partial charge in [0.05, 0.1) is 28.6 Å². The molecule has 0 aliphatic rings. The van der Waals surface area contributed by atoms with Crippen molar-refractivity contribution in [3.05, 3.63) is 47.0 Å². The largest absolute Gasteiger partial charge is 0.462 e. The van der Waals surface area contributed by atoms with E-state index in [0.717, 1.165) is 0 Å². The van der Waals surface area contributed by atoms with E-state index < -0.39 is 16.1 Å². The molecule has 0 bridgehead atoms. The SMILES string of the molecule is CCOC(=O)c1ccc(OS(=O)(=O)c2ccc(N)c(N)c2)cc1Cl. The number of esters is 1. The minimum atomic E-state index is -4.12. The fourth-order valence-corrected chi connectivity index (χ4v) is 3.01. The van der Waals surface area contributed by atoms with Crippen LogP contribution in [-0.4, -0.2) is 21.0 Å². The topological polar surface area (TPSA) is 122 Å². The Morgan fingerprint density at radius 1 is 1.12 bits per heavy atom. The van der Waals surface area contributed by atoms with E-state index in [9.17, 15) is 13.2 Å². The van der Waals surface area contributed by atoms with Gasteiger partial charge in [-0.15, -0.1) is 0 Å². The zero-order valence-electron chi connectivity index (χ0n) is 12.7. The molecule has 2 aromatic carbocycles. The van der Waals surface area contributed by atoms with Crippen LogP contribution in [0.5, 0.6) is 5.75 Å². The van der Waals surface area contributed by atoms with Crippen molar-refractivity contribution < 1.29 is 22.1 Å². The van der Waals surface area contributed by atoms with Crippen molar-refractivity contribution in [1.82, 2.24) is 0 Å². The summed E-state index contributed by atoms with van der Waals surface area (Å²) < 4.78 is 34.3. The zero-order valence-corrected chi connectivity index (χ0v) is 14.2. The molecule has 0 radical (unpaired) electrons. The fourth-order valence-electron chi connectivity index (χ4n) is 1.81. The van der Waals surface area contributed by atoms with Crippen LogP contribution in [0.2, 0.25) is 5.02 Å². The third kappa shape index (κ3) is 3.90. The molecular weight excluding hydrogens is 356 g/mol. The van der Waals surface area contributed by atoms with Crippen LogP contribution in [0.15, 0.2) is 41.3 Å². The Bertz CT molecular complexity index is 883. The molecule has 128 valence electrons. The first-order valence-corrected chi connectivity index (χ1v) is 8.59. The summed E-state index contributed by atoms with van der Waals surface area (Å²) in [4.78, 5) is 11.5. The Labute approximate surface area is 144 Å². The first-order valence-electron chi connectivity index (χ1n) is 6.80. The number of hydrogen-bond donors (Lipinski definition) is 2. The highest BCUT2D eigenvalue weighted by atomic mass is 35.5. The summed E-state index contributed by atoms with van der Waals surface area (Å²) in [7, 11) is -4.12. The summed E-state index contributed by atoms with van der Waals surface area (Å²) in [6, 6.07) is 7.67. The van der Waals surface area contributed by atoms with Crippen molar-refractivity contribution in [1.29, 1.82) is 0 Å². The van der Waals surface area contributed by atoms with E-state index in [2.05, 4.69) is 0 Å². The average molecular weight is 371 g/mol. The number of hydrogen-bond acceptors (Lipinski definition) is 7. The molecule has 0 amide bonds. The van der Waals surface area contributed by atoms with Gasteiger partial charge in [0.25, 0.3) is 0 Å². The molecule has 24 heavy (non-hydrogen) atoms. The van der Waals surface area contributed by atoms with Crippen LogP contribution in [0.25, 0.3) is 0 Å². The van der Waals surface area contributed by atoms with Gasteiger partial charge in [0.15, 0.2) is 0 Å². The quantitative estimate of drug-likeness (QED) is 0.470. The van der Waals surface area contributed by atoms with E-state index in [1.165, 1.54) is 36.4 Å². The van der Waals surface area contributed by atoms with Crippen LogP contribution in [0.4, 0.5) is 11.4 Å². The van der Waals surface area contributed by atoms with Gasteiger partial charge in [-0.1, -0.05) is 11.6 Å². The molecule has 0 aliphatic carbocycles. The van der Waals surface area contributed by atoms with Crippen LogP contribution >= 0.6 is 11.6 Å². The molecule has 0 heterocycles. The lowest BCUT2D eigenvalue weighted by Crippen LogP contribution is -2.11. The van der Waals surface area contributed by atoms with Crippen molar-refractivity contribution in [3.63, 3.8) is 0 Å². The van der Waals surface area contributed by atoms with Crippen LogP contribution in [0.3, 0.4) is 0 Å². The molecule has 0 unspecified atom stereocenters. The molecule has 0 atom stereocenters. The number of nitrogens with two attached hydrogens (primary N) is 2. The molecule has 0 saturated carbocycles. The standard InChI is InChI=1S/C15H15ClN2O5S/c1-2-22-15(19)11-5-3-9(7-12(11)16)23-24(20,21)10-4-6-13(17)14(18)8-10/h3-8H,2,17-18H2,1H3. The predicted octanol–water partition coefficient (Wildman–Crippen LogP) is 2.45. The second-order valence-electron chi connectivity index (χ2n) is 4.69. The number of carbonyl (C=O) groups is 1. The Hall–Kier alpha value is -2.45. The second-order valence-corrected chi connectivity index (χ2v) is 6.64. The van der Waals surface area contributed by atoms with Crippen LogP contribution in [-0.2, 0) is 14.9 Å². The highest BCUT2D eigenvalue weighted by Crippen LogP contribution is 2.27. The summed E-state index contributed by atoms with van der Waals surface area (Å²) >= 11 is 5.97. The van der Waals surface area contributed by atoms with E-state index in [-0.39, 0.29) is 39.2 Å². The lowest BCUT2D eigenvalue weighted by Gasteiger charge is -2.10. The van der Waals surface area contributed by atoms with Crippen LogP contribution in [0, 0.1) is 0 Å². The minimum Gasteiger partial charge on any atom is -0.462 e. The van der Waals surface area contributed by atoms with E-state index in [1.54, 1.807) is 6.92 Å². The normalized spacial score (nSPS) is 11.1. The van der Waals surface area contributed by atoms with Crippen molar-refractivity contribution in [3.8, 4) is 5.75 Å². The van der Waals surface area contributed by atoms with Crippen molar-refractivity contribution >= 4 is 39.1 Å². The van der Waals surface area contributed by atoms with Crippen LogP contribution < -0.4 is 15.7 Å². The van der Waals surface area contributed by atoms with Gasteiger partial charge < -0.3 is 20.4 Å². The summed E-state index contributed by atoms with van der Waals surface area (Å²) in [6.45, 7) is 1.86. The summed E-state index contributed by atoms with van der Waals surface area (Å²) in [5, 5.41) is 0.0120. The molecule has 9 heteroatoms. The highest BCUT2D eigenvalue weighted by Gasteiger charge is 2.19. The maximum Gasteiger partial charge on any atom is 0.339 e. The maximum atomic E-state index is 12.2. The first kappa shape index (κ1) is 17.9. The summed E-state index contributed by atoms with van der Waals surface area (Å²) in [6.07, 6.45) is 0. The third-order valence-electron chi connectivity index (χ3n) is 2.99. The predicted molar refractivity (Wildman–Crippen MR) is 90.5 cm³/mol. The van der Waals surface area contributed by atoms with E-state index in [1.807, 2.05) is 0 Å². The zero-order chi connectivity index (χ0) is 17.9. The van der Waals surface area contributed by atoms with Gasteiger partial charge in [-0.2, -0.15) is 8.42 Å². The molecule has 0 aliphatic heterocycles. The number of benzene rings is 2. The van der Waals surface area contributed by atoms with Crippen molar-refractivity contribution in [2.75, 3.05) is 18.1 Å². The van der Waals surface area contributed by atoms with Gasteiger partial charge in [-0.25, -0.2) is 4.79 Å². The number of nitrogen functional groups attached to an aromatic ring is 2. The minimum absolute atomic E-state index is 0.0120. The molecule has 2 rings (SSSR count). The Morgan fingerprint density at radius 3 is 2.42 bits per heavy atom. The molecule has 4 N–H and O–H groups in total. The maximum absolute atomic E-state index is 12.2. The molecule has 0 spiro atoms. The molecule has 0 saturated heterocycles. The summed E-state index contributed by atoms with van der Waals surface area (Å²) in [5.41, 5.74) is 11.6. The molecule has 0 aromatic heterocycles. The first-order chi connectivity index (χ1) is 11.2. The lowest BCUT2D eigenvalue weighted by molar-refractivity contribution is 0.0526. The molecule has 0 fully saturated rings. The number of halogens is 1. The number of ether oxygens (including phenoxy) is 1. The monoisotopic (exact) mass is 370 g/mol. The van der Waals surface area contributed by atoms with E-state index in [0.29, 0.717) is 0 Å². The fraction of sp³-hybridized carbons (Fsp3) is 0.133. The van der Waals surface area contributed by atoms with Gasteiger partial charge in [0, 0.05) is 6.07 Å². The second kappa shape index (κ2) is 6.98. The van der Waals surface area contributed by atoms with E-state index in [4.69, 9.17) is 32.0 Å². The Kier molecular flexibility index (Phi) is 5.20. The van der Waals surface area contributed by atoms with Gasteiger partial charge in [-0.05, 0) is 37.3 Å². The highest BCUT2D eigenvalue weighted by molar-refractivity contribution is 7.87. The Balaban J connectivity index is 2.28. The van der Waals surface area contributed by atoms with E-state index >= 15 is 0 Å².